The molecule has 3 aromatic carbocycles. The molecule has 0 aliphatic heterocycles. The molecule has 6 nitrogen and oxygen atoms in total. The standard InChI is InChI=1S/C26H26ClFN4O2/c1-17(32(2)3)14-33-24-9-5-8-22-25(24)26(30-16-29-22)31-20-10-11-23(21(27)13-20)34-15-18-6-4-7-19(28)12-18/h4-13,16-17H,14-15H2,1-3H3,(H,29,30,31)/t17-/m1/s1. The Morgan fingerprint density at radius 2 is 1.82 bits per heavy atom. The van der Waals surface area contributed by atoms with Crippen molar-refractivity contribution < 1.29 is 13.9 Å². The van der Waals surface area contributed by atoms with Gasteiger partial charge in [-0.05, 0) is 69.0 Å². The van der Waals surface area contributed by atoms with Crippen molar-refractivity contribution in [1.82, 2.24) is 14.9 Å². The molecule has 1 N–H and O–H groups in total. The minimum atomic E-state index is -0.302. The fourth-order valence-corrected chi connectivity index (χ4v) is 3.51. The lowest BCUT2D eigenvalue weighted by molar-refractivity contribution is 0.200. The molecule has 8 heteroatoms. The number of fused-ring (bicyclic) bond motifs is 1. The summed E-state index contributed by atoms with van der Waals surface area (Å²) in [4.78, 5) is 10.9. The lowest BCUT2D eigenvalue weighted by Crippen LogP contribution is -2.30. The molecule has 0 aliphatic carbocycles. The third-order valence-electron chi connectivity index (χ3n) is 5.46. The van der Waals surface area contributed by atoms with Crippen LogP contribution >= 0.6 is 11.6 Å². The highest BCUT2D eigenvalue weighted by atomic mass is 35.5. The van der Waals surface area contributed by atoms with Gasteiger partial charge < -0.3 is 19.7 Å². The highest BCUT2D eigenvalue weighted by molar-refractivity contribution is 6.32. The summed E-state index contributed by atoms with van der Waals surface area (Å²) < 4.78 is 25.3. The number of hydrogen-bond donors (Lipinski definition) is 1. The number of benzene rings is 3. The Hall–Kier alpha value is -3.42. The van der Waals surface area contributed by atoms with E-state index in [9.17, 15) is 4.39 Å². The molecule has 1 heterocycles. The molecule has 0 spiro atoms. The quantitative estimate of drug-likeness (QED) is 0.313. The number of aromatic nitrogens is 2. The molecule has 34 heavy (non-hydrogen) atoms. The second-order valence-corrected chi connectivity index (χ2v) is 8.59. The average molecular weight is 481 g/mol. The van der Waals surface area contributed by atoms with E-state index in [4.69, 9.17) is 21.1 Å². The first-order chi connectivity index (χ1) is 16.4. The number of anilines is 2. The summed E-state index contributed by atoms with van der Waals surface area (Å²) in [7, 11) is 4.03. The first-order valence-electron chi connectivity index (χ1n) is 10.9. The minimum Gasteiger partial charge on any atom is -0.491 e. The minimum absolute atomic E-state index is 0.215. The van der Waals surface area contributed by atoms with Crippen molar-refractivity contribution in [2.24, 2.45) is 0 Å². The van der Waals surface area contributed by atoms with E-state index < -0.39 is 0 Å². The Morgan fingerprint density at radius 3 is 2.59 bits per heavy atom. The summed E-state index contributed by atoms with van der Waals surface area (Å²) in [6, 6.07) is 17.6. The topological polar surface area (TPSA) is 59.5 Å². The second kappa shape index (κ2) is 10.7. The predicted octanol–water partition coefficient (Wildman–Crippen LogP) is 6.07. The van der Waals surface area contributed by atoms with Gasteiger partial charge in [0.15, 0.2) is 0 Å². The van der Waals surface area contributed by atoms with Gasteiger partial charge in [-0.15, -0.1) is 0 Å². The Kier molecular flexibility index (Phi) is 7.45. The molecule has 176 valence electrons. The van der Waals surface area contributed by atoms with E-state index in [2.05, 4.69) is 27.1 Å². The summed E-state index contributed by atoms with van der Waals surface area (Å²) in [6.07, 6.45) is 1.51. The van der Waals surface area contributed by atoms with E-state index in [0.29, 0.717) is 28.9 Å². The molecule has 0 radical (unpaired) electrons. The molecule has 0 aliphatic rings. The lowest BCUT2D eigenvalue weighted by atomic mass is 10.2. The molecule has 0 unspecified atom stereocenters. The van der Waals surface area contributed by atoms with E-state index in [-0.39, 0.29) is 18.5 Å². The lowest BCUT2D eigenvalue weighted by Gasteiger charge is -2.21. The average Bonchev–Trinajstić information content (AvgIpc) is 2.82. The van der Waals surface area contributed by atoms with Gasteiger partial charge in [-0.1, -0.05) is 29.8 Å². The number of halogens is 2. The van der Waals surface area contributed by atoms with Gasteiger partial charge in [-0.25, -0.2) is 14.4 Å². The zero-order chi connectivity index (χ0) is 24.1. The number of nitrogens with zero attached hydrogens (tertiary/aromatic N) is 3. The third kappa shape index (κ3) is 5.73. The highest BCUT2D eigenvalue weighted by Gasteiger charge is 2.13. The van der Waals surface area contributed by atoms with Crippen LogP contribution in [-0.2, 0) is 6.61 Å². The van der Waals surface area contributed by atoms with E-state index >= 15 is 0 Å². The van der Waals surface area contributed by atoms with Gasteiger partial charge in [0, 0.05) is 11.7 Å². The van der Waals surface area contributed by atoms with Gasteiger partial charge in [-0.3, -0.25) is 0 Å². The van der Waals surface area contributed by atoms with Crippen LogP contribution in [0.25, 0.3) is 10.9 Å². The summed E-state index contributed by atoms with van der Waals surface area (Å²) in [6.45, 7) is 2.84. The predicted molar refractivity (Wildman–Crippen MR) is 134 cm³/mol. The van der Waals surface area contributed by atoms with E-state index in [1.807, 2.05) is 38.4 Å². The van der Waals surface area contributed by atoms with Crippen molar-refractivity contribution in [3.05, 3.63) is 83.4 Å². The molecule has 0 amide bonds. The molecule has 0 saturated heterocycles. The molecular formula is C26H26ClFN4O2. The highest BCUT2D eigenvalue weighted by Crippen LogP contribution is 2.34. The second-order valence-electron chi connectivity index (χ2n) is 8.18. The van der Waals surface area contributed by atoms with Gasteiger partial charge >= 0.3 is 0 Å². The normalized spacial score (nSPS) is 12.1. The van der Waals surface area contributed by atoms with Crippen molar-refractivity contribution in [3.8, 4) is 11.5 Å². The Morgan fingerprint density at radius 1 is 1.00 bits per heavy atom. The van der Waals surface area contributed by atoms with E-state index in [1.165, 1.54) is 18.5 Å². The van der Waals surface area contributed by atoms with Gasteiger partial charge in [0.1, 0.15) is 42.7 Å². The number of nitrogens with one attached hydrogen (secondary N) is 1. The molecule has 4 aromatic rings. The Bertz CT molecular complexity index is 1280. The van der Waals surface area contributed by atoms with Gasteiger partial charge in [-0.2, -0.15) is 0 Å². The molecular weight excluding hydrogens is 455 g/mol. The number of likely N-dealkylation sites (N-methyl/N-ethyl adjacent to an activating group) is 1. The van der Waals surface area contributed by atoms with Crippen LogP contribution in [0.2, 0.25) is 5.02 Å². The first kappa shape index (κ1) is 23.7. The molecule has 4 rings (SSSR count). The van der Waals surface area contributed by atoms with Crippen LogP contribution in [0.3, 0.4) is 0 Å². The van der Waals surface area contributed by atoms with Crippen molar-refractivity contribution in [2.45, 2.75) is 19.6 Å². The fraction of sp³-hybridized carbons (Fsp3) is 0.231. The van der Waals surface area contributed by atoms with E-state index in [1.54, 1.807) is 24.3 Å². The first-order valence-corrected chi connectivity index (χ1v) is 11.3. The zero-order valence-corrected chi connectivity index (χ0v) is 20.0. The van der Waals surface area contributed by atoms with Crippen LogP contribution in [0.4, 0.5) is 15.9 Å². The Balaban J connectivity index is 1.53. The number of rotatable bonds is 9. The van der Waals surface area contributed by atoms with Gasteiger partial charge in [0.25, 0.3) is 0 Å². The summed E-state index contributed by atoms with van der Waals surface area (Å²) in [5, 5.41) is 4.53. The number of hydrogen-bond acceptors (Lipinski definition) is 6. The van der Waals surface area contributed by atoms with Crippen LogP contribution in [0.15, 0.2) is 67.0 Å². The summed E-state index contributed by atoms with van der Waals surface area (Å²) >= 11 is 6.46. The van der Waals surface area contributed by atoms with Crippen LogP contribution < -0.4 is 14.8 Å². The third-order valence-corrected chi connectivity index (χ3v) is 5.76. The maximum absolute atomic E-state index is 13.4. The van der Waals surface area contributed by atoms with Crippen LogP contribution in [0.5, 0.6) is 11.5 Å². The SMILES string of the molecule is C[C@H](COc1cccc2ncnc(Nc3ccc(OCc4cccc(F)c4)c(Cl)c3)c12)N(C)C. The van der Waals surface area contributed by atoms with Crippen LogP contribution in [-0.4, -0.2) is 41.6 Å². The fourth-order valence-electron chi connectivity index (χ4n) is 3.27. The largest absolute Gasteiger partial charge is 0.491 e. The Labute approximate surface area is 203 Å². The van der Waals surface area contributed by atoms with Crippen LogP contribution in [0.1, 0.15) is 12.5 Å². The zero-order valence-electron chi connectivity index (χ0n) is 19.3. The van der Waals surface area contributed by atoms with Crippen molar-refractivity contribution in [2.75, 3.05) is 26.0 Å². The summed E-state index contributed by atoms with van der Waals surface area (Å²) in [5.74, 6) is 1.52. The van der Waals surface area contributed by atoms with Crippen molar-refractivity contribution >= 4 is 34.0 Å². The molecule has 1 atom stereocenters. The van der Waals surface area contributed by atoms with Gasteiger partial charge in [0.2, 0.25) is 0 Å². The molecule has 0 bridgehead atoms. The molecule has 0 saturated carbocycles. The van der Waals surface area contributed by atoms with E-state index in [0.717, 1.165) is 22.2 Å². The smallest absolute Gasteiger partial charge is 0.145 e. The van der Waals surface area contributed by atoms with Crippen molar-refractivity contribution in [3.63, 3.8) is 0 Å². The van der Waals surface area contributed by atoms with Gasteiger partial charge in [0.05, 0.1) is 15.9 Å². The molecule has 0 fully saturated rings. The van der Waals surface area contributed by atoms with Crippen LogP contribution in [0, 0.1) is 5.82 Å². The molecule has 1 aromatic heterocycles. The maximum Gasteiger partial charge on any atom is 0.145 e. The number of ether oxygens (including phenoxy) is 2. The van der Waals surface area contributed by atoms with Crippen molar-refractivity contribution in [1.29, 1.82) is 0 Å². The maximum atomic E-state index is 13.4. The monoisotopic (exact) mass is 480 g/mol. The summed E-state index contributed by atoms with van der Waals surface area (Å²) in [5.41, 5.74) is 2.23.